The van der Waals surface area contributed by atoms with Crippen LogP contribution in [0.3, 0.4) is 0 Å². The van der Waals surface area contributed by atoms with Crippen LogP contribution in [0.5, 0.6) is 11.5 Å². The molecule has 0 aliphatic carbocycles. The molecule has 0 saturated heterocycles. The van der Waals surface area contributed by atoms with Crippen LogP contribution in [0.1, 0.15) is 18.1 Å². The zero-order valence-electron chi connectivity index (χ0n) is 8.65. The molecule has 1 aliphatic heterocycles. The molecule has 1 atom stereocenters. The van der Waals surface area contributed by atoms with E-state index in [-0.39, 0.29) is 18.8 Å². The molecule has 1 aromatic carbocycles. The van der Waals surface area contributed by atoms with E-state index >= 15 is 0 Å². The molecule has 0 saturated carbocycles. The van der Waals surface area contributed by atoms with Crippen molar-refractivity contribution < 1.29 is 24.1 Å². The lowest BCUT2D eigenvalue weighted by atomic mass is 10.1. The van der Waals surface area contributed by atoms with E-state index in [1.165, 1.54) is 12.1 Å². The van der Waals surface area contributed by atoms with Crippen LogP contribution in [0.2, 0.25) is 0 Å². The predicted molar refractivity (Wildman–Crippen MR) is 54.1 cm³/mol. The second kappa shape index (κ2) is 4.67. The predicted octanol–water partition coefficient (Wildman–Crippen LogP) is 1.01. The van der Waals surface area contributed by atoms with Gasteiger partial charge in [0.1, 0.15) is 13.2 Å². The van der Waals surface area contributed by atoms with Crippen LogP contribution >= 0.6 is 0 Å². The van der Waals surface area contributed by atoms with Crippen molar-refractivity contribution >= 4 is 0 Å². The minimum atomic E-state index is -0.893. The van der Waals surface area contributed by atoms with Gasteiger partial charge >= 0.3 is 0 Å². The van der Waals surface area contributed by atoms with Crippen LogP contribution in [0.25, 0.3) is 0 Å². The molecule has 0 aromatic heterocycles. The summed E-state index contributed by atoms with van der Waals surface area (Å²) in [6.45, 7) is 0.533. The molecule has 16 heavy (non-hydrogen) atoms. The molecule has 0 amide bonds. The highest BCUT2D eigenvalue weighted by molar-refractivity contribution is 5.45. The third-order valence-electron chi connectivity index (χ3n) is 2.41. The van der Waals surface area contributed by atoms with Gasteiger partial charge in [-0.15, -0.1) is 0 Å². The molecule has 0 fully saturated rings. The Balaban J connectivity index is 2.31. The number of aliphatic hydroxyl groups excluding tert-OH is 2. The lowest BCUT2D eigenvalue weighted by Gasteiger charge is -2.20. The summed E-state index contributed by atoms with van der Waals surface area (Å²) in [5.41, 5.74) is 0.385. The van der Waals surface area contributed by atoms with E-state index in [2.05, 4.69) is 0 Å². The normalized spacial score (nSPS) is 15.9. The molecular weight excluding hydrogens is 215 g/mol. The largest absolute Gasteiger partial charge is 0.486 e. The monoisotopic (exact) mass is 228 g/mol. The topological polar surface area (TPSA) is 58.9 Å². The first kappa shape index (κ1) is 11.2. The number of benzene rings is 1. The van der Waals surface area contributed by atoms with Gasteiger partial charge in [0.05, 0.1) is 6.10 Å². The summed E-state index contributed by atoms with van der Waals surface area (Å²) in [6, 6.07) is 2.74. The fraction of sp³-hybridized carbons (Fsp3) is 0.455. The summed E-state index contributed by atoms with van der Waals surface area (Å²) in [6.07, 6.45) is -0.727. The summed E-state index contributed by atoms with van der Waals surface area (Å²) < 4.78 is 23.9. The molecule has 1 aliphatic rings. The van der Waals surface area contributed by atoms with E-state index in [0.717, 1.165) is 0 Å². The number of hydrogen-bond acceptors (Lipinski definition) is 4. The summed E-state index contributed by atoms with van der Waals surface area (Å²) in [5.74, 6) is -0.159. The number of fused-ring (bicyclic) bond motifs is 1. The van der Waals surface area contributed by atoms with Crippen LogP contribution < -0.4 is 9.47 Å². The lowest BCUT2D eigenvalue weighted by molar-refractivity contribution is 0.131. The first-order valence-corrected chi connectivity index (χ1v) is 5.10. The summed E-state index contributed by atoms with van der Waals surface area (Å²) >= 11 is 0. The van der Waals surface area contributed by atoms with Crippen molar-refractivity contribution in [3.8, 4) is 11.5 Å². The second-order valence-corrected chi connectivity index (χ2v) is 3.55. The highest BCUT2D eigenvalue weighted by Gasteiger charge is 2.20. The van der Waals surface area contributed by atoms with Gasteiger partial charge in [-0.3, -0.25) is 0 Å². The minimum absolute atomic E-state index is 0.0891. The molecule has 2 rings (SSSR count). The van der Waals surface area contributed by atoms with Gasteiger partial charge in [-0.05, 0) is 17.7 Å². The van der Waals surface area contributed by atoms with Crippen LogP contribution in [0.15, 0.2) is 12.1 Å². The number of hydrogen-bond donors (Lipinski definition) is 2. The van der Waals surface area contributed by atoms with E-state index in [0.29, 0.717) is 24.5 Å². The van der Waals surface area contributed by atoms with E-state index in [1.54, 1.807) is 0 Å². The maximum atomic E-state index is 13.6. The molecule has 0 bridgehead atoms. The van der Waals surface area contributed by atoms with Crippen LogP contribution in [0.4, 0.5) is 4.39 Å². The van der Waals surface area contributed by atoms with Crippen molar-refractivity contribution in [3.05, 3.63) is 23.5 Å². The SMILES string of the molecule is OCC[C@H](O)c1cc(F)c2c(c1)OCCO2. The molecule has 0 radical (unpaired) electrons. The van der Waals surface area contributed by atoms with E-state index < -0.39 is 11.9 Å². The maximum Gasteiger partial charge on any atom is 0.197 e. The third-order valence-corrected chi connectivity index (χ3v) is 2.41. The van der Waals surface area contributed by atoms with E-state index in [9.17, 15) is 9.50 Å². The zero-order chi connectivity index (χ0) is 11.5. The first-order valence-electron chi connectivity index (χ1n) is 5.10. The Morgan fingerprint density at radius 3 is 2.81 bits per heavy atom. The van der Waals surface area contributed by atoms with Gasteiger partial charge in [-0.2, -0.15) is 0 Å². The number of ether oxygens (including phenoxy) is 2. The van der Waals surface area contributed by atoms with Gasteiger partial charge in [0.25, 0.3) is 0 Å². The van der Waals surface area contributed by atoms with Gasteiger partial charge < -0.3 is 19.7 Å². The highest BCUT2D eigenvalue weighted by Crippen LogP contribution is 2.36. The minimum Gasteiger partial charge on any atom is -0.486 e. The van der Waals surface area contributed by atoms with E-state index in [4.69, 9.17) is 14.6 Å². The van der Waals surface area contributed by atoms with Crippen molar-refractivity contribution in [2.24, 2.45) is 0 Å². The van der Waals surface area contributed by atoms with Gasteiger partial charge in [0, 0.05) is 13.0 Å². The van der Waals surface area contributed by atoms with Gasteiger partial charge in [0.2, 0.25) is 0 Å². The molecule has 4 nitrogen and oxygen atoms in total. The van der Waals surface area contributed by atoms with Crippen molar-refractivity contribution in [3.63, 3.8) is 0 Å². The Hall–Kier alpha value is -1.33. The van der Waals surface area contributed by atoms with Crippen LogP contribution in [-0.2, 0) is 0 Å². The molecular formula is C11H13FO4. The Morgan fingerprint density at radius 1 is 1.31 bits per heavy atom. The quantitative estimate of drug-likeness (QED) is 0.810. The molecule has 0 spiro atoms. The third kappa shape index (κ3) is 2.10. The number of halogens is 1. The lowest BCUT2D eigenvalue weighted by Crippen LogP contribution is -2.17. The summed E-state index contributed by atoms with van der Waals surface area (Å²) in [4.78, 5) is 0. The molecule has 1 aromatic rings. The van der Waals surface area contributed by atoms with Gasteiger partial charge in [-0.25, -0.2) is 4.39 Å². The highest BCUT2D eigenvalue weighted by atomic mass is 19.1. The second-order valence-electron chi connectivity index (χ2n) is 3.55. The Kier molecular flexibility index (Phi) is 3.26. The standard InChI is InChI=1S/C11H13FO4/c12-8-5-7(9(14)1-2-13)6-10-11(8)16-4-3-15-10/h5-6,9,13-14H,1-4H2/t9-/m0/s1. The summed E-state index contributed by atoms with van der Waals surface area (Å²) in [5, 5.41) is 18.3. The van der Waals surface area contributed by atoms with Crippen molar-refractivity contribution in [2.45, 2.75) is 12.5 Å². The van der Waals surface area contributed by atoms with Crippen molar-refractivity contribution in [1.29, 1.82) is 0 Å². The zero-order valence-corrected chi connectivity index (χ0v) is 8.65. The Morgan fingerprint density at radius 2 is 2.06 bits per heavy atom. The van der Waals surface area contributed by atoms with Gasteiger partial charge in [0.15, 0.2) is 17.3 Å². The molecule has 5 heteroatoms. The first-order chi connectivity index (χ1) is 7.72. The Labute approximate surface area is 92.2 Å². The fourth-order valence-corrected chi connectivity index (χ4v) is 1.61. The van der Waals surface area contributed by atoms with Crippen LogP contribution in [-0.4, -0.2) is 30.0 Å². The average Bonchev–Trinajstić information content (AvgIpc) is 2.29. The molecule has 88 valence electrons. The summed E-state index contributed by atoms with van der Waals surface area (Å²) in [7, 11) is 0. The molecule has 2 N–H and O–H groups in total. The molecule has 0 unspecified atom stereocenters. The van der Waals surface area contributed by atoms with E-state index in [1.807, 2.05) is 0 Å². The van der Waals surface area contributed by atoms with Crippen molar-refractivity contribution in [2.75, 3.05) is 19.8 Å². The van der Waals surface area contributed by atoms with Gasteiger partial charge in [-0.1, -0.05) is 0 Å². The average molecular weight is 228 g/mol. The Bertz CT molecular complexity index is 380. The van der Waals surface area contributed by atoms with Crippen molar-refractivity contribution in [1.82, 2.24) is 0 Å². The smallest absolute Gasteiger partial charge is 0.197 e. The maximum absolute atomic E-state index is 13.6. The fourth-order valence-electron chi connectivity index (χ4n) is 1.61. The van der Waals surface area contributed by atoms with Crippen LogP contribution in [0, 0.1) is 5.82 Å². The molecule has 1 heterocycles. The number of rotatable bonds is 3. The number of aliphatic hydroxyl groups is 2.